The molecule has 3 aromatic rings. The van der Waals surface area contributed by atoms with Gasteiger partial charge in [0.2, 0.25) is 0 Å². The molecule has 0 saturated carbocycles. The Kier molecular flexibility index (Phi) is 8.38. The smallest absolute Gasteiger partial charge is 0.196 e. The highest BCUT2D eigenvalue weighted by molar-refractivity contribution is 9.09. The average Bonchev–Trinajstić information content (AvgIpc) is 2.78. The second kappa shape index (κ2) is 11.2. The van der Waals surface area contributed by atoms with Gasteiger partial charge in [-0.15, -0.1) is 0 Å². The molecule has 160 valence electrons. The van der Waals surface area contributed by atoms with Gasteiger partial charge in [-0.25, -0.2) is 0 Å². The Balaban J connectivity index is 1.70. The maximum absolute atomic E-state index is 12.8. The minimum atomic E-state index is -0.0166. The molecule has 0 aliphatic heterocycles. The Labute approximate surface area is 186 Å². The first kappa shape index (κ1) is 22.4. The minimum Gasteiger partial charge on any atom is -0.497 e. The van der Waals surface area contributed by atoms with Crippen LogP contribution in [0.15, 0.2) is 51.7 Å². The van der Waals surface area contributed by atoms with Gasteiger partial charge in [-0.3, -0.25) is 4.79 Å². The summed E-state index contributed by atoms with van der Waals surface area (Å²) in [4.78, 5) is 12.8. The van der Waals surface area contributed by atoms with Gasteiger partial charge in [0.1, 0.15) is 22.8 Å². The molecule has 0 aliphatic rings. The van der Waals surface area contributed by atoms with Crippen molar-refractivity contribution in [3.05, 3.63) is 58.3 Å². The molecule has 0 radical (unpaired) electrons. The predicted octanol–water partition coefficient (Wildman–Crippen LogP) is 6.89. The number of alkyl halides is 1. The Morgan fingerprint density at radius 1 is 0.900 bits per heavy atom. The van der Waals surface area contributed by atoms with E-state index in [0.29, 0.717) is 28.9 Å². The van der Waals surface area contributed by atoms with E-state index in [1.165, 1.54) is 32.1 Å². The molecule has 0 atom stereocenters. The normalized spacial score (nSPS) is 11.0. The summed E-state index contributed by atoms with van der Waals surface area (Å²) in [7, 11) is 1.63. The van der Waals surface area contributed by atoms with Crippen LogP contribution in [0.25, 0.3) is 22.3 Å². The van der Waals surface area contributed by atoms with Gasteiger partial charge in [-0.05, 0) is 56.2 Å². The van der Waals surface area contributed by atoms with Crippen LogP contribution in [0.1, 0.15) is 44.1 Å². The van der Waals surface area contributed by atoms with Gasteiger partial charge in [0.05, 0.1) is 19.1 Å². The van der Waals surface area contributed by atoms with E-state index < -0.39 is 0 Å². The molecule has 0 saturated heterocycles. The Bertz CT molecular complexity index is 1010. The highest BCUT2D eigenvalue weighted by atomic mass is 79.9. The summed E-state index contributed by atoms with van der Waals surface area (Å²) in [6.07, 6.45) is 7.25. The van der Waals surface area contributed by atoms with Gasteiger partial charge in [-0.1, -0.05) is 41.6 Å². The van der Waals surface area contributed by atoms with Crippen molar-refractivity contribution in [2.24, 2.45) is 0 Å². The van der Waals surface area contributed by atoms with Crippen LogP contribution in [0.4, 0.5) is 0 Å². The summed E-state index contributed by atoms with van der Waals surface area (Å²) in [6.45, 7) is 2.47. The van der Waals surface area contributed by atoms with Gasteiger partial charge in [0, 0.05) is 22.5 Å². The van der Waals surface area contributed by atoms with Gasteiger partial charge >= 0.3 is 0 Å². The standard InChI is InChI=1S/C25H29BrO4/c1-18-24(27)22-14-13-21(29-16-8-6-4-3-5-7-15-26)17-23(22)30-25(18)19-9-11-20(28-2)12-10-19/h9-14,17H,3-8,15-16H2,1-2H3. The molecule has 0 amide bonds. The lowest BCUT2D eigenvalue weighted by molar-refractivity contribution is 0.304. The van der Waals surface area contributed by atoms with Crippen LogP contribution in [0, 0.1) is 6.92 Å². The number of rotatable bonds is 11. The summed E-state index contributed by atoms with van der Waals surface area (Å²) in [5, 5.41) is 1.66. The molecule has 4 nitrogen and oxygen atoms in total. The number of unbranched alkanes of at least 4 members (excludes halogenated alkanes) is 5. The number of ether oxygens (including phenoxy) is 2. The van der Waals surface area contributed by atoms with Gasteiger partial charge < -0.3 is 13.9 Å². The molecule has 2 aromatic carbocycles. The Morgan fingerprint density at radius 3 is 2.27 bits per heavy atom. The molecule has 0 unspecified atom stereocenters. The third-order valence-corrected chi connectivity index (χ3v) is 5.80. The van der Waals surface area contributed by atoms with E-state index >= 15 is 0 Å². The van der Waals surface area contributed by atoms with E-state index in [2.05, 4.69) is 15.9 Å². The first-order valence-electron chi connectivity index (χ1n) is 10.5. The summed E-state index contributed by atoms with van der Waals surface area (Å²) in [5.74, 6) is 2.07. The zero-order valence-electron chi connectivity index (χ0n) is 17.7. The van der Waals surface area contributed by atoms with Crippen LogP contribution in [0.5, 0.6) is 11.5 Å². The van der Waals surface area contributed by atoms with E-state index in [1.807, 2.05) is 36.4 Å². The maximum atomic E-state index is 12.8. The number of methoxy groups -OCH3 is 1. The average molecular weight is 473 g/mol. The van der Waals surface area contributed by atoms with Crippen molar-refractivity contribution in [2.75, 3.05) is 19.0 Å². The zero-order chi connectivity index (χ0) is 21.3. The first-order valence-corrected chi connectivity index (χ1v) is 11.7. The molecular formula is C25H29BrO4. The van der Waals surface area contributed by atoms with E-state index in [1.54, 1.807) is 20.1 Å². The van der Waals surface area contributed by atoms with Crippen LogP contribution in [0.3, 0.4) is 0 Å². The molecule has 0 fully saturated rings. The lowest BCUT2D eigenvalue weighted by Crippen LogP contribution is -2.07. The molecule has 5 heteroatoms. The highest BCUT2D eigenvalue weighted by Crippen LogP contribution is 2.29. The van der Waals surface area contributed by atoms with E-state index in [0.717, 1.165) is 28.8 Å². The fourth-order valence-electron chi connectivity index (χ4n) is 3.47. The van der Waals surface area contributed by atoms with Crippen LogP contribution in [0.2, 0.25) is 0 Å². The Hall–Kier alpha value is -2.27. The molecule has 0 bridgehead atoms. The lowest BCUT2D eigenvalue weighted by atomic mass is 10.1. The summed E-state index contributed by atoms with van der Waals surface area (Å²) < 4.78 is 17.2. The van der Waals surface area contributed by atoms with Gasteiger partial charge in [-0.2, -0.15) is 0 Å². The molecule has 1 heterocycles. The van der Waals surface area contributed by atoms with Crippen molar-refractivity contribution in [3.63, 3.8) is 0 Å². The molecule has 0 aliphatic carbocycles. The number of fused-ring (bicyclic) bond motifs is 1. The number of hydrogen-bond acceptors (Lipinski definition) is 4. The number of halogens is 1. The summed E-state index contributed by atoms with van der Waals surface area (Å²) in [5.41, 5.74) is 1.97. The van der Waals surface area contributed by atoms with Crippen molar-refractivity contribution in [2.45, 2.75) is 45.4 Å². The van der Waals surface area contributed by atoms with Crippen molar-refractivity contribution < 1.29 is 13.9 Å². The minimum absolute atomic E-state index is 0.0166. The van der Waals surface area contributed by atoms with E-state index in [-0.39, 0.29) is 5.43 Å². The topological polar surface area (TPSA) is 48.7 Å². The first-order chi connectivity index (χ1) is 14.6. The van der Waals surface area contributed by atoms with Crippen molar-refractivity contribution >= 4 is 26.9 Å². The summed E-state index contributed by atoms with van der Waals surface area (Å²) in [6, 6.07) is 13.0. The van der Waals surface area contributed by atoms with Crippen LogP contribution in [-0.4, -0.2) is 19.0 Å². The maximum Gasteiger partial charge on any atom is 0.196 e. The van der Waals surface area contributed by atoms with E-state index in [9.17, 15) is 4.79 Å². The number of benzene rings is 2. The van der Waals surface area contributed by atoms with Crippen LogP contribution in [-0.2, 0) is 0 Å². The Morgan fingerprint density at radius 2 is 1.57 bits per heavy atom. The highest BCUT2D eigenvalue weighted by Gasteiger charge is 2.13. The quantitative estimate of drug-likeness (QED) is 0.225. The van der Waals surface area contributed by atoms with Crippen LogP contribution < -0.4 is 14.9 Å². The molecule has 0 spiro atoms. The van der Waals surface area contributed by atoms with E-state index in [4.69, 9.17) is 13.9 Å². The fraction of sp³-hybridized carbons (Fsp3) is 0.400. The lowest BCUT2D eigenvalue weighted by Gasteiger charge is -2.10. The molecule has 1 aromatic heterocycles. The second-order valence-electron chi connectivity index (χ2n) is 7.43. The molecule has 3 rings (SSSR count). The van der Waals surface area contributed by atoms with Crippen molar-refractivity contribution in [1.29, 1.82) is 0 Å². The van der Waals surface area contributed by atoms with Gasteiger partial charge in [0.15, 0.2) is 5.43 Å². The predicted molar refractivity (Wildman–Crippen MR) is 126 cm³/mol. The zero-order valence-corrected chi connectivity index (χ0v) is 19.3. The van der Waals surface area contributed by atoms with Gasteiger partial charge in [0.25, 0.3) is 0 Å². The molecule has 30 heavy (non-hydrogen) atoms. The largest absolute Gasteiger partial charge is 0.497 e. The monoisotopic (exact) mass is 472 g/mol. The molecular weight excluding hydrogens is 444 g/mol. The SMILES string of the molecule is COc1ccc(-c2oc3cc(OCCCCCCCCBr)ccc3c(=O)c2C)cc1. The fourth-order valence-corrected chi connectivity index (χ4v) is 3.86. The third-order valence-electron chi connectivity index (χ3n) is 5.24. The number of hydrogen-bond donors (Lipinski definition) is 0. The van der Waals surface area contributed by atoms with Crippen molar-refractivity contribution in [3.8, 4) is 22.8 Å². The second-order valence-corrected chi connectivity index (χ2v) is 8.22. The summed E-state index contributed by atoms with van der Waals surface area (Å²) >= 11 is 3.47. The third kappa shape index (κ3) is 5.66. The van der Waals surface area contributed by atoms with Crippen LogP contribution >= 0.6 is 15.9 Å². The van der Waals surface area contributed by atoms with Crippen molar-refractivity contribution in [1.82, 2.24) is 0 Å². The molecule has 0 N–H and O–H groups in total.